The number of ether oxygens (including phenoxy) is 1. The first-order valence-electron chi connectivity index (χ1n) is 7.10. The van der Waals surface area contributed by atoms with Crippen LogP contribution in [-0.4, -0.2) is 42.1 Å². The van der Waals surface area contributed by atoms with Gasteiger partial charge in [0, 0.05) is 49.7 Å². The zero-order chi connectivity index (χ0) is 13.1. The molecule has 2 saturated heterocycles. The first kappa shape index (κ1) is 13.1. The number of likely N-dealkylation sites (tertiary alicyclic amines) is 1. The average Bonchev–Trinajstić information content (AvgIpc) is 3.02. The summed E-state index contributed by atoms with van der Waals surface area (Å²) in [5, 5.41) is 3.21. The van der Waals surface area contributed by atoms with Gasteiger partial charge in [-0.2, -0.15) is 0 Å². The third-order valence-electron chi connectivity index (χ3n) is 4.10. The molecule has 0 spiro atoms. The van der Waals surface area contributed by atoms with E-state index in [1.165, 1.54) is 5.01 Å². The number of rotatable bonds is 2. The lowest BCUT2D eigenvalue weighted by molar-refractivity contribution is -0.139. The van der Waals surface area contributed by atoms with Crippen LogP contribution in [0.1, 0.15) is 36.6 Å². The van der Waals surface area contributed by atoms with E-state index >= 15 is 0 Å². The summed E-state index contributed by atoms with van der Waals surface area (Å²) in [6, 6.07) is 0. The maximum Gasteiger partial charge on any atom is 0.225 e. The van der Waals surface area contributed by atoms with E-state index in [9.17, 15) is 4.79 Å². The van der Waals surface area contributed by atoms with Gasteiger partial charge >= 0.3 is 0 Å². The molecular formula is C14H20N2O2S. The van der Waals surface area contributed by atoms with Crippen molar-refractivity contribution in [2.75, 3.05) is 26.3 Å². The number of carbonyl (C=O) groups excluding carboxylic acids is 1. The van der Waals surface area contributed by atoms with Crippen LogP contribution in [0.3, 0.4) is 0 Å². The lowest BCUT2D eigenvalue weighted by Gasteiger charge is -2.35. The standard InChI is InChI=1S/C14H20N2O2S/c17-14(11-3-7-18-8-4-11)16-6-1-2-12(10-16)13-15-5-9-19-13/h5,9,11-12H,1-4,6-8,10H2. The van der Waals surface area contributed by atoms with Crippen LogP contribution in [0.25, 0.3) is 0 Å². The van der Waals surface area contributed by atoms with Crippen molar-refractivity contribution < 1.29 is 9.53 Å². The minimum absolute atomic E-state index is 0.184. The Morgan fingerprint density at radius 1 is 1.37 bits per heavy atom. The van der Waals surface area contributed by atoms with Crippen LogP contribution >= 0.6 is 11.3 Å². The Bertz CT molecular complexity index is 415. The second-order valence-electron chi connectivity index (χ2n) is 5.38. The van der Waals surface area contributed by atoms with Crippen molar-refractivity contribution in [2.45, 2.75) is 31.6 Å². The molecule has 19 heavy (non-hydrogen) atoms. The molecule has 0 radical (unpaired) electrons. The zero-order valence-corrected chi connectivity index (χ0v) is 11.9. The van der Waals surface area contributed by atoms with Crippen LogP contribution in [0.4, 0.5) is 0 Å². The molecule has 1 amide bonds. The van der Waals surface area contributed by atoms with Crippen LogP contribution < -0.4 is 0 Å². The van der Waals surface area contributed by atoms with Gasteiger partial charge in [0.1, 0.15) is 0 Å². The van der Waals surface area contributed by atoms with Gasteiger partial charge in [-0.3, -0.25) is 4.79 Å². The van der Waals surface area contributed by atoms with Crippen LogP contribution in [0.15, 0.2) is 11.6 Å². The topological polar surface area (TPSA) is 42.4 Å². The molecule has 2 fully saturated rings. The van der Waals surface area contributed by atoms with E-state index in [2.05, 4.69) is 9.88 Å². The van der Waals surface area contributed by atoms with Crippen molar-refractivity contribution in [2.24, 2.45) is 5.92 Å². The zero-order valence-electron chi connectivity index (χ0n) is 11.1. The lowest BCUT2D eigenvalue weighted by atomic mass is 9.94. The molecule has 1 aromatic heterocycles. The number of thiazole rings is 1. The highest BCUT2D eigenvalue weighted by atomic mass is 32.1. The molecule has 5 heteroatoms. The summed E-state index contributed by atoms with van der Waals surface area (Å²) in [7, 11) is 0. The average molecular weight is 280 g/mol. The quantitative estimate of drug-likeness (QED) is 0.834. The van der Waals surface area contributed by atoms with Crippen molar-refractivity contribution in [1.82, 2.24) is 9.88 Å². The van der Waals surface area contributed by atoms with Gasteiger partial charge in [0.05, 0.1) is 5.01 Å². The normalized spacial score (nSPS) is 25.5. The fraction of sp³-hybridized carbons (Fsp3) is 0.714. The summed E-state index contributed by atoms with van der Waals surface area (Å²) in [4.78, 5) is 19.0. The van der Waals surface area contributed by atoms with E-state index in [1.54, 1.807) is 11.3 Å². The highest BCUT2D eigenvalue weighted by Crippen LogP contribution is 2.29. The number of hydrogen-bond donors (Lipinski definition) is 0. The number of nitrogens with zero attached hydrogens (tertiary/aromatic N) is 2. The molecule has 0 saturated carbocycles. The number of hydrogen-bond acceptors (Lipinski definition) is 4. The molecule has 2 aliphatic rings. The van der Waals surface area contributed by atoms with Gasteiger partial charge in [-0.15, -0.1) is 11.3 Å². The number of amides is 1. The van der Waals surface area contributed by atoms with Crippen molar-refractivity contribution in [3.63, 3.8) is 0 Å². The molecule has 0 N–H and O–H groups in total. The summed E-state index contributed by atoms with van der Waals surface area (Å²) in [5.41, 5.74) is 0. The van der Waals surface area contributed by atoms with E-state index in [0.717, 1.165) is 52.0 Å². The SMILES string of the molecule is O=C(C1CCOCC1)N1CCCC(c2nccs2)C1. The van der Waals surface area contributed by atoms with E-state index in [4.69, 9.17) is 4.74 Å². The number of carbonyl (C=O) groups is 1. The van der Waals surface area contributed by atoms with Gasteiger partial charge in [-0.25, -0.2) is 4.98 Å². The van der Waals surface area contributed by atoms with E-state index in [0.29, 0.717) is 11.8 Å². The second kappa shape index (κ2) is 6.01. The van der Waals surface area contributed by atoms with Crippen molar-refractivity contribution >= 4 is 17.2 Å². The second-order valence-corrected chi connectivity index (χ2v) is 6.31. The smallest absolute Gasteiger partial charge is 0.225 e. The first-order valence-corrected chi connectivity index (χ1v) is 7.98. The lowest BCUT2D eigenvalue weighted by Crippen LogP contribution is -2.43. The molecule has 104 valence electrons. The molecule has 1 aromatic rings. The Balaban J connectivity index is 1.62. The molecule has 1 unspecified atom stereocenters. The van der Waals surface area contributed by atoms with Gasteiger partial charge in [0.2, 0.25) is 5.91 Å². The molecule has 3 heterocycles. The predicted octanol–water partition coefficient (Wildman–Crippen LogP) is 2.28. The minimum atomic E-state index is 0.184. The summed E-state index contributed by atoms with van der Waals surface area (Å²) in [5.74, 6) is 0.964. The Morgan fingerprint density at radius 2 is 2.21 bits per heavy atom. The van der Waals surface area contributed by atoms with Gasteiger partial charge in [0.15, 0.2) is 0 Å². The molecule has 4 nitrogen and oxygen atoms in total. The minimum Gasteiger partial charge on any atom is -0.381 e. The van der Waals surface area contributed by atoms with E-state index < -0.39 is 0 Å². The first-order chi connectivity index (χ1) is 9.34. The summed E-state index contributed by atoms with van der Waals surface area (Å²) < 4.78 is 5.34. The van der Waals surface area contributed by atoms with Crippen LogP contribution in [-0.2, 0) is 9.53 Å². The molecule has 1 atom stereocenters. The van der Waals surface area contributed by atoms with Gasteiger partial charge < -0.3 is 9.64 Å². The van der Waals surface area contributed by atoms with E-state index in [-0.39, 0.29) is 5.92 Å². The fourth-order valence-corrected chi connectivity index (χ4v) is 3.79. The summed E-state index contributed by atoms with van der Waals surface area (Å²) in [6.07, 6.45) is 5.89. The number of aromatic nitrogens is 1. The maximum atomic E-state index is 12.5. The Hall–Kier alpha value is -0.940. The summed E-state index contributed by atoms with van der Waals surface area (Å²) in [6.45, 7) is 3.24. The molecular weight excluding hydrogens is 260 g/mol. The van der Waals surface area contributed by atoms with Crippen molar-refractivity contribution in [3.8, 4) is 0 Å². The van der Waals surface area contributed by atoms with E-state index in [1.807, 2.05) is 11.6 Å². The largest absolute Gasteiger partial charge is 0.381 e. The summed E-state index contributed by atoms with van der Waals surface area (Å²) >= 11 is 1.71. The molecule has 3 rings (SSSR count). The predicted molar refractivity (Wildman–Crippen MR) is 74.2 cm³/mol. The maximum absolute atomic E-state index is 12.5. The molecule has 2 aliphatic heterocycles. The third kappa shape index (κ3) is 2.98. The molecule has 0 bridgehead atoms. The highest BCUT2D eigenvalue weighted by molar-refractivity contribution is 7.09. The Morgan fingerprint density at radius 3 is 2.95 bits per heavy atom. The molecule has 0 aliphatic carbocycles. The van der Waals surface area contributed by atoms with Gasteiger partial charge in [-0.1, -0.05) is 0 Å². The van der Waals surface area contributed by atoms with Crippen LogP contribution in [0.2, 0.25) is 0 Å². The monoisotopic (exact) mass is 280 g/mol. The number of piperidine rings is 1. The Kier molecular flexibility index (Phi) is 4.13. The van der Waals surface area contributed by atoms with Crippen LogP contribution in [0.5, 0.6) is 0 Å². The van der Waals surface area contributed by atoms with Crippen molar-refractivity contribution in [1.29, 1.82) is 0 Å². The highest BCUT2D eigenvalue weighted by Gasteiger charge is 2.31. The van der Waals surface area contributed by atoms with Crippen LogP contribution in [0, 0.1) is 5.92 Å². The van der Waals surface area contributed by atoms with Gasteiger partial charge in [0.25, 0.3) is 0 Å². The fourth-order valence-electron chi connectivity index (χ4n) is 3.02. The molecule has 0 aromatic carbocycles. The van der Waals surface area contributed by atoms with Crippen molar-refractivity contribution in [3.05, 3.63) is 16.6 Å². The Labute approximate surface area is 117 Å². The third-order valence-corrected chi connectivity index (χ3v) is 5.04. The van der Waals surface area contributed by atoms with Gasteiger partial charge in [-0.05, 0) is 25.7 Å².